The molecule has 168 valence electrons. The Morgan fingerprint density at radius 1 is 1.00 bits per heavy atom. The molecule has 2 nitrogen and oxygen atoms in total. The van der Waals surface area contributed by atoms with E-state index in [9.17, 15) is 0 Å². The van der Waals surface area contributed by atoms with E-state index in [4.69, 9.17) is 4.74 Å². The molecule has 0 aromatic heterocycles. The van der Waals surface area contributed by atoms with Gasteiger partial charge in [0.15, 0.2) is 0 Å². The van der Waals surface area contributed by atoms with Gasteiger partial charge >= 0.3 is 0 Å². The third kappa shape index (κ3) is 4.90. The number of hydrogen-bond donors (Lipinski definition) is 0. The van der Waals surface area contributed by atoms with E-state index in [0.29, 0.717) is 16.7 Å². The molecule has 0 amide bonds. The van der Waals surface area contributed by atoms with Gasteiger partial charge in [0.2, 0.25) is 0 Å². The van der Waals surface area contributed by atoms with Gasteiger partial charge in [0.1, 0.15) is 5.75 Å². The summed E-state index contributed by atoms with van der Waals surface area (Å²) in [5.41, 5.74) is 4.00. The molecule has 2 unspecified atom stereocenters. The molecule has 0 saturated heterocycles. The van der Waals surface area contributed by atoms with Crippen molar-refractivity contribution in [3.05, 3.63) is 42.0 Å². The zero-order valence-electron chi connectivity index (χ0n) is 20.5. The molecule has 0 spiro atoms. The monoisotopic (exact) mass is 404 g/mol. The molecule has 2 heteroatoms. The van der Waals surface area contributed by atoms with Gasteiger partial charge in [0.25, 0.3) is 0 Å². The summed E-state index contributed by atoms with van der Waals surface area (Å²) in [7, 11) is 1.77. The largest absolute Gasteiger partial charge is 0.497 e. The van der Waals surface area contributed by atoms with Crippen LogP contribution in [0.1, 0.15) is 104 Å². The van der Waals surface area contributed by atoms with Crippen LogP contribution in [0.25, 0.3) is 0 Å². The molecule has 29 heavy (non-hydrogen) atoms. The molecular weight excluding hydrogens is 356 g/mol. The van der Waals surface area contributed by atoms with Crippen molar-refractivity contribution in [3.63, 3.8) is 0 Å². The van der Waals surface area contributed by atoms with Crippen LogP contribution in [0.5, 0.6) is 5.75 Å². The molecule has 1 aromatic rings. The van der Waals surface area contributed by atoms with Gasteiger partial charge in [-0.25, -0.2) is 0 Å². The maximum atomic E-state index is 5.43. The van der Waals surface area contributed by atoms with Gasteiger partial charge in [-0.05, 0) is 84.5 Å². The summed E-state index contributed by atoms with van der Waals surface area (Å²) in [6.07, 6.45) is 11.8. The first-order valence-electron chi connectivity index (χ1n) is 11.9. The zero-order chi connectivity index (χ0) is 21.4. The summed E-state index contributed by atoms with van der Waals surface area (Å²) in [5.74, 6) is 2.52. The van der Waals surface area contributed by atoms with Crippen LogP contribution in [0, 0.1) is 16.7 Å². The van der Waals surface area contributed by atoms with E-state index in [0.717, 1.165) is 11.7 Å². The number of allylic oxidation sites excluding steroid dienone is 1. The second-order valence-electron chi connectivity index (χ2n) is 8.07. The number of aryl methyl sites for hydroxylation is 1. The molecular formula is C27H48O2. The summed E-state index contributed by atoms with van der Waals surface area (Å²) in [4.78, 5) is 0. The first kappa shape index (κ1) is 27.7. The highest BCUT2D eigenvalue weighted by Gasteiger charge is 2.57. The van der Waals surface area contributed by atoms with Crippen LogP contribution in [0.15, 0.2) is 30.9 Å². The Morgan fingerprint density at radius 3 is 2.24 bits per heavy atom. The molecule has 4 atom stereocenters. The van der Waals surface area contributed by atoms with Crippen molar-refractivity contribution in [1.82, 2.24) is 0 Å². The van der Waals surface area contributed by atoms with Gasteiger partial charge in [-0.1, -0.05) is 67.0 Å². The van der Waals surface area contributed by atoms with E-state index in [2.05, 4.69) is 37.8 Å². The van der Waals surface area contributed by atoms with Crippen LogP contribution in [0.2, 0.25) is 0 Å². The first-order valence-corrected chi connectivity index (χ1v) is 11.9. The summed E-state index contributed by atoms with van der Waals surface area (Å²) in [5, 5.41) is 0. The highest BCUT2D eigenvalue weighted by molar-refractivity contribution is 5.43. The van der Waals surface area contributed by atoms with Crippen LogP contribution in [0.4, 0.5) is 0 Å². The fourth-order valence-corrected chi connectivity index (χ4v) is 6.23. The molecule has 3 aliphatic carbocycles. The first-order chi connectivity index (χ1) is 13.6. The Balaban J connectivity index is 0.00000103. The molecule has 4 rings (SSSR count). The van der Waals surface area contributed by atoms with Gasteiger partial charge in [0, 0.05) is 0 Å². The SMILES string of the molecule is C=C[C@@]12CCc3cc(OC)ccc3C1CC[C@]1(C)CCCC12.CC.CC.CC.O. The van der Waals surface area contributed by atoms with Crippen molar-refractivity contribution in [2.75, 3.05) is 7.11 Å². The highest BCUT2D eigenvalue weighted by Crippen LogP contribution is 2.67. The standard InChI is InChI=1S/C21H28O.3C2H6.H2O/c1-4-21-13-9-15-14-16(22-3)7-8-17(15)18(21)10-12-20(2)11-5-6-19(20)21;3*1-2;/h4,7-8,14,18-19H,1,5-6,9-13H2,2-3H3;3*1-2H3;1H2/t18?,19?,20-,21+;;;;/m0..../s1. The van der Waals surface area contributed by atoms with E-state index in [1.165, 1.54) is 50.5 Å². The fraction of sp³-hybridized carbons (Fsp3) is 0.704. The second-order valence-corrected chi connectivity index (χ2v) is 8.07. The normalized spacial score (nSPS) is 30.6. The molecule has 0 heterocycles. The molecule has 2 fully saturated rings. The predicted molar refractivity (Wildman–Crippen MR) is 129 cm³/mol. The van der Waals surface area contributed by atoms with Crippen LogP contribution < -0.4 is 4.74 Å². The third-order valence-electron chi connectivity index (χ3n) is 7.32. The molecule has 2 saturated carbocycles. The van der Waals surface area contributed by atoms with Crippen molar-refractivity contribution < 1.29 is 10.2 Å². The average molecular weight is 405 g/mol. The lowest BCUT2D eigenvalue weighted by Crippen LogP contribution is -2.47. The summed E-state index contributed by atoms with van der Waals surface area (Å²) in [6, 6.07) is 6.76. The van der Waals surface area contributed by atoms with E-state index in [1.54, 1.807) is 12.7 Å². The molecule has 0 radical (unpaired) electrons. The van der Waals surface area contributed by atoms with Crippen LogP contribution in [-0.4, -0.2) is 12.6 Å². The van der Waals surface area contributed by atoms with Crippen molar-refractivity contribution in [3.8, 4) is 5.75 Å². The third-order valence-corrected chi connectivity index (χ3v) is 7.32. The van der Waals surface area contributed by atoms with E-state index in [-0.39, 0.29) is 5.48 Å². The van der Waals surface area contributed by atoms with E-state index >= 15 is 0 Å². The molecule has 0 aliphatic heterocycles. The summed E-state index contributed by atoms with van der Waals surface area (Å²) >= 11 is 0. The van der Waals surface area contributed by atoms with E-state index < -0.39 is 0 Å². The minimum absolute atomic E-state index is 0. The highest BCUT2D eigenvalue weighted by atomic mass is 16.5. The van der Waals surface area contributed by atoms with Gasteiger partial charge in [0.05, 0.1) is 7.11 Å². The Bertz CT molecular complexity index is 609. The number of fused-ring (bicyclic) bond motifs is 5. The van der Waals surface area contributed by atoms with Crippen molar-refractivity contribution in [2.24, 2.45) is 16.7 Å². The quantitative estimate of drug-likeness (QED) is 0.464. The van der Waals surface area contributed by atoms with Gasteiger partial charge in [-0.3, -0.25) is 0 Å². The maximum absolute atomic E-state index is 5.43. The zero-order valence-corrected chi connectivity index (χ0v) is 20.5. The Kier molecular flexibility index (Phi) is 11.9. The van der Waals surface area contributed by atoms with Gasteiger partial charge in [-0.2, -0.15) is 0 Å². The summed E-state index contributed by atoms with van der Waals surface area (Å²) in [6.45, 7) is 18.9. The minimum atomic E-state index is 0. The van der Waals surface area contributed by atoms with Crippen LogP contribution >= 0.6 is 0 Å². The number of hydrogen-bond acceptors (Lipinski definition) is 1. The van der Waals surface area contributed by atoms with E-state index in [1.807, 2.05) is 41.5 Å². The minimum Gasteiger partial charge on any atom is -0.497 e. The smallest absolute Gasteiger partial charge is 0.119 e. The van der Waals surface area contributed by atoms with Crippen LogP contribution in [0.3, 0.4) is 0 Å². The van der Waals surface area contributed by atoms with Gasteiger partial charge in [-0.15, -0.1) is 6.58 Å². The average Bonchev–Trinajstić information content (AvgIpc) is 3.19. The molecule has 2 N–H and O–H groups in total. The molecule has 1 aromatic carbocycles. The Hall–Kier alpha value is -1.28. The molecule has 0 bridgehead atoms. The number of ether oxygens (including phenoxy) is 1. The van der Waals surface area contributed by atoms with Crippen LogP contribution in [-0.2, 0) is 6.42 Å². The van der Waals surface area contributed by atoms with Crippen molar-refractivity contribution in [1.29, 1.82) is 0 Å². The Morgan fingerprint density at radius 2 is 1.66 bits per heavy atom. The lowest BCUT2D eigenvalue weighted by Gasteiger charge is -2.56. The van der Waals surface area contributed by atoms with Crippen molar-refractivity contribution in [2.45, 2.75) is 99.3 Å². The second kappa shape index (κ2) is 12.4. The number of rotatable bonds is 2. The maximum Gasteiger partial charge on any atom is 0.119 e. The lowest BCUT2D eigenvalue weighted by molar-refractivity contribution is 0.00457. The number of benzene rings is 1. The topological polar surface area (TPSA) is 40.7 Å². The van der Waals surface area contributed by atoms with Crippen molar-refractivity contribution >= 4 is 0 Å². The molecule has 3 aliphatic rings. The lowest BCUT2D eigenvalue weighted by atomic mass is 9.47. The predicted octanol–water partition coefficient (Wildman–Crippen LogP) is 7.75. The van der Waals surface area contributed by atoms with Gasteiger partial charge < -0.3 is 10.2 Å². The number of methoxy groups -OCH3 is 1. The Labute approximate surface area is 181 Å². The fourth-order valence-electron chi connectivity index (χ4n) is 6.23. The summed E-state index contributed by atoms with van der Waals surface area (Å²) < 4.78 is 5.43.